The standard InChI is InChI=1S/C17H26N2O2/c1-3-19(15-10-8-14(18)9-11-15)17(20)12-13-6-4-5-7-16(13)21-2/h4-7,14-15H,3,8-12,18H2,1-2H3. The van der Waals surface area contributed by atoms with Gasteiger partial charge in [0.05, 0.1) is 13.5 Å². The highest BCUT2D eigenvalue weighted by molar-refractivity contribution is 5.79. The molecule has 1 aliphatic carbocycles. The molecule has 0 unspecified atom stereocenters. The Labute approximate surface area is 127 Å². The van der Waals surface area contributed by atoms with Gasteiger partial charge in [0.2, 0.25) is 5.91 Å². The molecule has 116 valence electrons. The van der Waals surface area contributed by atoms with E-state index in [1.807, 2.05) is 29.2 Å². The molecule has 2 rings (SSSR count). The summed E-state index contributed by atoms with van der Waals surface area (Å²) in [6, 6.07) is 8.38. The lowest BCUT2D eigenvalue weighted by Gasteiger charge is -2.35. The first-order valence-corrected chi connectivity index (χ1v) is 7.82. The normalized spacial score (nSPS) is 21.9. The van der Waals surface area contributed by atoms with Crippen molar-refractivity contribution >= 4 is 5.91 Å². The number of carbonyl (C=O) groups excluding carboxylic acids is 1. The summed E-state index contributed by atoms with van der Waals surface area (Å²) in [5, 5.41) is 0. The number of para-hydroxylation sites is 1. The van der Waals surface area contributed by atoms with E-state index in [1.54, 1.807) is 7.11 Å². The van der Waals surface area contributed by atoms with Crippen LogP contribution in [0.5, 0.6) is 5.75 Å². The van der Waals surface area contributed by atoms with Gasteiger partial charge in [-0.2, -0.15) is 0 Å². The Kier molecular flexibility index (Phi) is 5.62. The minimum absolute atomic E-state index is 0.183. The van der Waals surface area contributed by atoms with Crippen LogP contribution in [0.4, 0.5) is 0 Å². The van der Waals surface area contributed by atoms with Crippen molar-refractivity contribution in [1.82, 2.24) is 4.90 Å². The fraction of sp³-hybridized carbons (Fsp3) is 0.588. The predicted octanol–water partition coefficient (Wildman–Crippen LogP) is 2.36. The van der Waals surface area contributed by atoms with E-state index in [9.17, 15) is 4.79 Å². The van der Waals surface area contributed by atoms with E-state index in [1.165, 1.54) is 0 Å². The second-order valence-corrected chi connectivity index (χ2v) is 5.74. The van der Waals surface area contributed by atoms with Crippen LogP contribution in [0.15, 0.2) is 24.3 Å². The Morgan fingerprint density at radius 2 is 1.95 bits per heavy atom. The minimum Gasteiger partial charge on any atom is -0.496 e. The van der Waals surface area contributed by atoms with Gasteiger partial charge in [-0.15, -0.1) is 0 Å². The molecule has 0 radical (unpaired) electrons. The molecule has 2 N–H and O–H groups in total. The number of hydrogen-bond donors (Lipinski definition) is 1. The molecule has 0 saturated heterocycles. The number of carbonyl (C=O) groups is 1. The second-order valence-electron chi connectivity index (χ2n) is 5.74. The SMILES string of the molecule is CCN(C(=O)Cc1ccccc1OC)C1CCC(N)CC1. The molecular weight excluding hydrogens is 264 g/mol. The van der Waals surface area contributed by atoms with Gasteiger partial charge in [-0.3, -0.25) is 4.79 Å². The molecule has 1 aliphatic rings. The van der Waals surface area contributed by atoms with E-state index >= 15 is 0 Å². The summed E-state index contributed by atoms with van der Waals surface area (Å²) >= 11 is 0. The third-order valence-electron chi connectivity index (χ3n) is 4.38. The van der Waals surface area contributed by atoms with Crippen LogP contribution in [-0.4, -0.2) is 36.5 Å². The molecule has 21 heavy (non-hydrogen) atoms. The zero-order valence-electron chi connectivity index (χ0n) is 13.0. The fourth-order valence-corrected chi connectivity index (χ4v) is 3.16. The molecule has 4 heteroatoms. The van der Waals surface area contributed by atoms with Crippen molar-refractivity contribution < 1.29 is 9.53 Å². The van der Waals surface area contributed by atoms with E-state index in [4.69, 9.17) is 10.5 Å². The van der Waals surface area contributed by atoms with Crippen molar-refractivity contribution in [2.45, 2.75) is 51.1 Å². The first kappa shape index (κ1) is 15.8. The zero-order chi connectivity index (χ0) is 15.2. The number of rotatable bonds is 5. The monoisotopic (exact) mass is 290 g/mol. The smallest absolute Gasteiger partial charge is 0.227 e. The lowest BCUT2D eigenvalue weighted by molar-refractivity contribution is -0.133. The van der Waals surface area contributed by atoms with Crippen LogP contribution < -0.4 is 10.5 Å². The zero-order valence-corrected chi connectivity index (χ0v) is 13.0. The van der Waals surface area contributed by atoms with E-state index in [0.29, 0.717) is 18.5 Å². The Balaban J connectivity index is 2.03. The molecule has 1 amide bonds. The summed E-state index contributed by atoms with van der Waals surface area (Å²) in [5.41, 5.74) is 6.91. The van der Waals surface area contributed by atoms with E-state index < -0.39 is 0 Å². The van der Waals surface area contributed by atoms with Crippen LogP contribution in [0.1, 0.15) is 38.2 Å². The van der Waals surface area contributed by atoms with Crippen LogP contribution >= 0.6 is 0 Å². The number of ether oxygens (including phenoxy) is 1. The highest BCUT2D eigenvalue weighted by Gasteiger charge is 2.26. The third-order valence-corrected chi connectivity index (χ3v) is 4.38. The number of benzene rings is 1. The van der Waals surface area contributed by atoms with Crippen molar-refractivity contribution in [3.63, 3.8) is 0 Å². The average molecular weight is 290 g/mol. The largest absolute Gasteiger partial charge is 0.496 e. The molecule has 0 atom stereocenters. The summed E-state index contributed by atoms with van der Waals surface area (Å²) < 4.78 is 5.33. The quantitative estimate of drug-likeness (QED) is 0.905. The molecule has 1 aromatic rings. The van der Waals surface area contributed by atoms with Crippen LogP contribution in [0.2, 0.25) is 0 Å². The van der Waals surface area contributed by atoms with Crippen LogP contribution in [0.25, 0.3) is 0 Å². The van der Waals surface area contributed by atoms with Gasteiger partial charge in [-0.25, -0.2) is 0 Å². The van der Waals surface area contributed by atoms with Crippen molar-refractivity contribution in [1.29, 1.82) is 0 Å². The van der Waals surface area contributed by atoms with Gasteiger partial charge in [-0.05, 0) is 38.7 Å². The Hall–Kier alpha value is -1.55. The van der Waals surface area contributed by atoms with Crippen molar-refractivity contribution in [3.8, 4) is 5.75 Å². The lowest BCUT2D eigenvalue weighted by Crippen LogP contribution is -2.44. The molecular formula is C17H26N2O2. The summed E-state index contributed by atoms with van der Waals surface area (Å²) in [7, 11) is 1.64. The number of nitrogens with two attached hydrogens (primary N) is 1. The number of methoxy groups -OCH3 is 1. The second kappa shape index (κ2) is 7.46. The average Bonchev–Trinajstić information content (AvgIpc) is 2.50. The van der Waals surface area contributed by atoms with Crippen molar-refractivity contribution in [2.24, 2.45) is 5.73 Å². The summed E-state index contributed by atoms with van der Waals surface area (Å²) in [6.45, 7) is 2.81. The van der Waals surface area contributed by atoms with Crippen LogP contribution in [-0.2, 0) is 11.2 Å². The van der Waals surface area contributed by atoms with Crippen molar-refractivity contribution in [3.05, 3.63) is 29.8 Å². The summed E-state index contributed by atoms with van der Waals surface area (Å²) in [4.78, 5) is 14.6. The fourth-order valence-electron chi connectivity index (χ4n) is 3.16. The highest BCUT2D eigenvalue weighted by atomic mass is 16.5. The van der Waals surface area contributed by atoms with Gasteiger partial charge in [0.25, 0.3) is 0 Å². The Morgan fingerprint density at radius 1 is 1.29 bits per heavy atom. The Morgan fingerprint density at radius 3 is 2.57 bits per heavy atom. The minimum atomic E-state index is 0.183. The van der Waals surface area contributed by atoms with Gasteiger partial charge in [-0.1, -0.05) is 18.2 Å². The maximum Gasteiger partial charge on any atom is 0.227 e. The summed E-state index contributed by atoms with van der Waals surface area (Å²) in [5.74, 6) is 0.968. The first-order valence-electron chi connectivity index (χ1n) is 7.82. The molecule has 0 aliphatic heterocycles. The lowest BCUT2D eigenvalue weighted by atomic mass is 9.90. The van der Waals surface area contributed by atoms with Gasteiger partial charge in [0.1, 0.15) is 5.75 Å². The van der Waals surface area contributed by atoms with Gasteiger partial charge >= 0.3 is 0 Å². The molecule has 0 bridgehead atoms. The highest BCUT2D eigenvalue weighted by Crippen LogP contribution is 2.24. The van der Waals surface area contributed by atoms with Crippen LogP contribution in [0, 0.1) is 0 Å². The number of amides is 1. The van der Waals surface area contributed by atoms with E-state index in [0.717, 1.165) is 43.5 Å². The van der Waals surface area contributed by atoms with Gasteiger partial charge < -0.3 is 15.4 Å². The summed E-state index contributed by atoms with van der Waals surface area (Å²) in [6.07, 6.45) is 4.48. The molecule has 4 nitrogen and oxygen atoms in total. The molecule has 0 spiro atoms. The predicted molar refractivity (Wildman–Crippen MR) is 84.3 cm³/mol. The van der Waals surface area contributed by atoms with E-state index in [-0.39, 0.29) is 5.91 Å². The van der Waals surface area contributed by atoms with Gasteiger partial charge in [0, 0.05) is 24.2 Å². The van der Waals surface area contributed by atoms with E-state index in [2.05, 4.69) is 6.92 Å². The maximum atomic E-state index is 12.6. The third kappa shape index (κ3) is 3.97. The van der Waals surface area contributed by atoms with Crippen molar-refractivity contribution in [2.75, 3.05) is 13.7 Å². The number of nitrogens with zero attached hydrogens (tertiary/aromatic N) is 1. The molecule has 1 fully saturated rings. The molecule has 0 aromatic heterocycles. The molecule has 0 heterocycles. The topological polar surface area (TPSA) is 55.6 Å². The Bertz CT molecular complexity index is 468. The first-order chi connectivity index (χ1) is 10.2. The number of likely N-dealkylation sites (N-methyl/N-ethyl adjacent to an activating group) is 1. The number of hydrogen-bond acceptors (Lipinski definition) is 3. The van der Waals surface area contributed by atoms with Gasteiger partial charge in [0.15, 0.2) is 0 Å². The molecule has 1 aromatic carbocycles. The van der Waals surface area contributed by atoms with Crippen LogP contribution in [0.3, 0.4) is 0 Å². The molecule has 1 saturated carbocycles. The maximum absolute atomic E-state index is 12.6.